The van der Waals surface area contributed by atoms with Crippen LogP contribution in [0, 0.1) is 0 Å². The summed E-state index contributed by atoms with van der Waals surface area (Å²) in [6, 6.07) is 14.3. The third kappa shape index (κ3) is 2.66. The van der Waals surface area contributed by atoms with Crippen LogP contribution in [-0.2, 0) is 6.54 Å². The number of hydrogen-bond donors (Lipinski definition) is 0. The van der Waals surface area contributed by atoms with Gasteiger partial charge in [0.15, 0.2) is 0 Å². The maximum absolute atomic E-state index is 12.9. The first kappa shape index (κ1) is 15.2. The van der Waals surface area contributed by atoms with Gasteiger partial charge in [0, 0.05) is 30.7 Å². The summed E-state index contributed by atoms with van der Waals surface area (Å²) in [5, 5.41) is 5.35. The van der Waals surface area contributed by atoms with Gasteiger partial charge in [0.25, 0.3) is 5.91 Å². The van der Waals surface area contributed by atoms with Crippen LogP contribution >= 0.6 is 22.7 Å². The molecule has 3 aromatic heterocycles. The molecule has 0 spiro atoms. The summed E-state index contributed by atoms with van der Waals surface area (Å²) in [6.07, 6.45) is 3.93. The predicted molar refractivity (Wildman–Crippen MR) is 101 cm³/mol. The van der Waals surface area contributed by atoms with Gasteiger partial charge in [0.1, 0.15) is 4.88 Å². The van der Waals surface area contributed by atoms with Gasteiger partial charge >= 0.3 is 0 Å². The lowest BCUT2D eigenvalue weighted by molar-refractivity contribution is 0.0790. The highest BCUT2D eigenvalue weighted by atomic mass is 32.1. The Bertz CT molecular complexity index is 982. The van der Waals surface area contributed by atoms with Gasteiger partial charge < -0.3 is 9.47 Å². The van der Waals surface area contributed by atoms with Crippen LogP contribution in [0.5, 0.6) is 0 Å². The van der Waals surface area contributed by atoms with E-state index in [0.717, 1.165) is 10.6 Å². The van der Waals surface area contributed by atoms with Crippen molar-refractivity contribution in [2.75, 3.05) is 7.05 Å². The normalized spacial score (nSPS) is 11.0. The summed E-state index contributed by atoms with van der Waals surface area (Å²) in [5.74, 6) is 0.0592. The van der Waals surface area contributed by atoms with E-state index < -0.39 is 0 Å². The van der Waals surface area contributed by atoms with Crippen molar-refractivity contribution < 1.29 is 4.79 Å². The molecule has 0 unspecified atom stereocenters. The third-order valence-electron chi connectivity index (χ3n) is 4.04. The summed E-state index contributed by atoms with van der Waals surface area (Å²) in [5.41, 5.74) is 2.14. The maximum atomic E-state index is 12.9. The second kappa shape index (κ2) is 6.26. The van der Waals surface area contributed by atoms with Crippen LogP contribution in [0.15, 0.2) is 65.6 Å². The highest BCUT2D eigenvalue weighted by Gasteiger charge is 2.19. The monoisotopic (exact) mass is 352 g/mol. The van der Waals surface area contributed by atoms with Crippen LogP contribution in [0.2, 0.25) is 0 Å². The maximum Gasteiger partial charge on any atom is 0.266 e. The van der Waals surface area contributed by atoms with E-state index in [2.05, 4.69) is 17.5 Å². The Balaban J connectivity index is 1.60. The summed E-state index contributed by atoms with van der Waals surface area (Å²) in [4.78, 5) is 15.5. The Labute approximate surface area is 148 Å². The van der Waals surface area contributed by atoms with Crippen LogP contribution in [0.1, 0.15) is 15.2 Å². The summed E-state index contributed by atoms with van der Waals surface area (Å²) < 4.78 is 3.25. The molecule has 0 atom stereocenters. The number of rotatable bonds is 4. The molecule has 5 heteroatoms. The zero-order chi connectivity index (χ0) is 16.5. The second-order valence-electron chi connectivity index (χ2n) is 5.64. The Kier molecular flexibility index (Phi) is 3.96. The van der Waals surface area contributed by atoms with E-state index in [1.165, 1.54) is 27.0 Å². The number of thiophene rings is 2. The Hall–Kier alpha value is -2.37. The molecule has 3 nitrogen and oxygen atoms in total. The number of benzene rings is 1. The minimum atomic E-state index is 0.0592. The number of nitrogens with zero attached hydrogens (tertiary/aromatic N) is 2. The first-order chi connectivity index (χ1) is 11.7. The minimum Gasteiger partial charge on any atom is -0.337 e. The van der Waals surface area contributed by atoms with Crippen molar-refractivity contribution >= 4 is 38.7 Å². The molecule has 0 fully saturated rings. The number of carbonyl (C=O) groups is 1. The molecule has 0 saturated carbocycles. The molecule has 0 aliphatic carbocycles. The zero-order valence-electron chi connectivity index (χ0n) is 13.2. The number of hydrogen-bond acceptors (Lipinski definition) is 3. The van der Waals surface area contributed by atoms with Crippen LogP contribution in [0.3, 0.4) is 0 Å². The standard InChI is InChI=1S/C19H16N2OS2/c1-20(12-14-13-24-17-7-3-2-6-15(14)17)19(22)18-16(8-11-23-18)21-9-4-5-10-21/h2-11,13H,12H2,1H3. The summed E-state index contributed by atoms with van der Waals surface area (Å²) >= 11 is 3.22. The Morgan fingerprint density at radius 2 is 1.88 bits per heavy atom. The van der Waals surface area contributed by atoms with Crippen LogP contribution in [0.25, 0.3) is 15.8 Å². The topological polar surface area (TPSA) is 25.2 Å². The van der Waals surface area contributed by atoms with Gasteiger partial charge in [-0.25, -0.2) is 0 Å². The molecule has 0 N–H and O–H groups in total. The lowest BCUT2D eigenvalue weighted by atomic mass is 10.1. The Morgan fingerprint density at radius 1 is 1.08 bits per heavy atom. The molecule has 0 radical (unpaired) electrons. The highest BCUT2D eigenvalue weighted by molar-refractivity contribution is 7.17. The van der Waals surface area contributed by atoms with Gasteiger partial charge in [-0.3, -0.25) is 4.79 Å². The minimum absolute atomic E-state index is 0.0592. The molecule has 1 aromatic carbocycles. The van der Waals surface area contributed by atoms with E-state index >= 15 is 0 Å². The summed E-state index contributed by atoms with van der Waals surface area (Å²) in [7, 11) is 1.87. The smallest absolute Gasteiger partial charge is 0.266 e. The molecule has 3 heterocycles. The van der Waals surface area contributed by atoms with Crippen molar-refractivity contribution in [2.24, 2.45) is 0 Å². The molecule has 0 aliphatic rings. The van der Waals surface area contributed by atoms with E-state index in [9.17, 15) is 4.79 Å². The average molecular weight is 352 g/mol. The van der Waals surface area contributed by atoms with Crippen molar-refractivity contribution in [3.8, 4) is 5.69 Å². The molecule has 4 rings (SSSR count). The molecular weight excluding hydrogens is 336 g/mol. The van der Waals surface area contributed by atoms with Crippen molar-refractivity contribution in [1.29, 1.82) is 0 Å². The molecule has 0 aliphatic heterocycles. The molecular formula is C19H16N2OS2. The quantitative estimate of drug-likeness (QED) is 0.506. The molecule has 120 valence electrons. The fraction of sp³-hybridized carbons (Fsp3) is 0.105. The lowest BCUT2D eigenvalue weighted by Crippen LogP contribution is -2.26. The predicted octanol–water partition coefficient (Wildman–Crippen LogP) is 5.03. The average Bonchev–Trinajstić information content (AvgIpc) is 3.34. The highest BCUT2D eigenvalue weighted by Crippen LogP contribution is 2.28. The largest absolute Gasteiger partial charge is 0.337 e. The SMILES string of the molecule is CN(Cc1csc2ccccc12)C(=O)c1sccc1-n1cccc1. The van der Waals surface area contributed by atoms with Gasteiger partial charge in [-0.15, -0.1) is 22.7 Å². The van der Waals surface area contributed by atoms with Crippen molar-refractivity contribution in [3.05, 3.63) is 76.1 Å². The van der Waals surface area contributed by atoms with Gasteiger partial charge in [-0.2, -0.15) is 0 Å². The third-order valence-corrected chi connectivity index (χ3v) is 5.94. The Morgan fingerprint density at radius 3 is 2.71 bits per heavy atom. The van der Waals surface area contributed by atoms with E-state index in [1.807, 2.05) is 59.7 Å². The van der Waals surface area contributed by atoms with Crippen LogP contribution < -0.4 is 0 Å². The lowest BCUT2D eigenvalue weighted by Gasteiger charge is -2.17. The van der Waals surface area contributed by atoms with Crippen molar-refractivity contribution in [3.63, 3.8) is 0 Å². The van der Waals surface area contributed by atoms with E-state index in [-0.39, 0.29) is 5.91 Å². The number of carbonyl (C=O) groups excluding carboxylic acids is 1. The number of fused-ring (bicyclic) bond motifs is 1. The number of amides is 1. The van der Waals surface area contributed by atoms with Crippen LogP contribution in [0.4, 0.5) is 0 Å². The van der Waals surface area contributed by atoms with Gasteiger partial charge in [0.05, 0.1) is 5.69 Å². The molecule has 4 aromatic rings. The number of aromatic nitrogens is 1. The summed E-state index contributed by atoms with van der Waals surface area (Å²) in [6.45, 7) is 0.617. The van der Waals surface area contributed by atoms with E-state index in [4.69, 9.17) is 0 Å². The zero-order valence-corrected chi connectivity index (χ0v) is 14.8. The van der Waals surface area contributed by atoms with Gasteiger partial charge in [-0.05, 0) is 46.0 Å². The second-order valence-corrected chi connectivity index (χ2v) is 7.47. The first-order valence-corrected chi connectivity index (χ1v) is 9.41. The first-order valence-electron chi connectivity index (χ1n) is 7.65. The van der Waals surface area contributed by atoms with Gasteiger partial charge in [0.2, 0.25) is 0 Å². The van der Waals surface area contributed by atoms with Crippen molar-refractivity contribution in [1.82, 2.24) is 9.47 Å². The molecule has 24 heavy (non-hydrogen) atoms. The fourth-order valence-corrected chi connectivity index (χ4v) is 4.65. The fourth-order valence-electron chi connectivity index (χ4n) is 2.82. The molecule has 0 saturated heterocycles. The van der Waals surface area contributed by atoms with Crippen LogP contribution in [-0.4, -0.2) is 22.4 Å². The molecule has 1 amide bonds. The molecule has 0 bridgehead atoms. The van der Waals surface area contributed by atoms with E-state index in [0.29, 0.717) is 6.54 Å². The van der Waals surface area contributed by atoms with Gasteiger partial charge in [-0.1, -0.05) is 18.2 Å². The van der Waals surface area contributed by atoms with E-state index in [1.54, 1.807) is 16.2 Å². The van der Waals surface area contributed by atoms with Crippen molar-refractivity contribution in [2.45, 2.75) is 6.54 Å².